The fraction of sp³-hybridized carbons (Fsp3) is 0.412. The number of pyridine rings is 1. The molecule has 0 spiro atoms. The monoisotopic (exact) mass is 298 g/mol. The Hall–Kier alpha value is -2.14. The molecule has 2 atom stereocenters. The van der Waals surface area contributed by atoms with Crippen LogP contribution >= 0.6 is 0 Å². The summed E-state index contributed by atoms with van der Waals surface area (Å²) in [5.41, 5.74) is -0.795. The summed E-state index contributed by atoms with van der Waals surface area (Å²) in [6, 6.07) is 10.1. The van der Waals surface area contributed by atoms with E-state index in [0.29, 0.717) is 19.8 Å². The van der Waals surface area contributed by atoms with E-state index in [4.69, 9.17) is 4.74 Å². The molecule has 2 saturated heterocycles. The standard InChI is InChI=1S/C17H18N2O3/c20-16(21)17-10-19(9-13(17)6-8-22-11-17)15-14-4-2-1-3-12(14)5-7-18-15/h1-5,7,13H,6,8-11H2,(H,20,21)/t13-,17+/m0/s1. The van der Waals surface area contributed by atoms with Gasteiger partial charge in [-0.05, 0) is 23.8 Å². The van der Waals surface area contributed by atoms with Crippen LogP contribution in [0.15, 0.2) is 36.5 Å². The van der Waals surface area contributed by atoms with Gasteiger partial charge in [-0.2, -0.15) is 0 Å². The summed E-state index contributed by atoms with van der Waals surface area (Å²) >= 11 is 0. The second kappa shape index (κ2) is 4.95. The molecule has 2 aliphatic heterocycles. The first kappa shape index (κ1) is 13.5. The van der Waals surface area contributed by atoms with E-state index in [9.17, 15) is 9.90 Å². The molecule has 0 unspecified atom stereocenters. The van der Waals surface area contributed by atoms with Crippen molar-refractivity contribution in [3.8, 4) is 0 Å². The fourth-order valence-electron chi connectivity index (χ4n) is 3.81. The van der Waals surface area contributed by atoms with Gasteiger partial charge in [0.15, 0.2) is 0 Å². The van der Waals surface area contributed by atoms with Gasteiger partial charge in [-0.1, -0.05) is 24.3 Å². The van der Waals surface area contributed by atoms with Crippen molar-refractivity contribution in [2.75, 3.05) is 31.2 Å². The van der Waals surface area contributed by atoms with Crippen molar-refractivity contribution >= 4 is 22.6 Å². The van der Waals surface area contributed by atoms with Gasteiger partial charge < -0.3 is 14.7 Å². The zero-order chi connectivity index (χ0) is 15.2. The molecule has 2 fully saturated rings. The lowest BCUT2D eigenvalue weighted by Crippen LogP contribution is -2.46. The molecular weight excluding hydrogens is 280 g/mol. The third-order valence-corrected chi connectivity index (χ3v) is 5.04. The fourth-order valence-corrected chi connectivity index (χ4v) is 3.81. The van der Waals surface area contributed by atoms with Crippen LogP contribution in [0.2, 0.25) is 0 Å². The molecule has 3 heterocycles. The van der Waals surface area contributed by atoms with Crippen LogP contribution in [-0.4, -0.2) is 42.4 Å². The Kier molecular flexibility index (Phi) is 3.04. The van der Waals surface area contributed by atoms with Gasteiger partial charge in [-0.15, -0.1) is 0 Å². The Morgan fingerprint density at radius 2 is 2.23 bits per heavy atom. The first-order valence-corrected chi connectivity index (χ1v) is 7.60. The Labute approximate surface area is 128 Å². The smallest absolute Gasteiger partial charge is 0.314 e. The van der Waals surface area contributed by atoms with Crippen LogP contribution < -0.4 is 4.90 Å². The third-order valence-electron chi connectivity index (χ3n) is 5.04. The number of hydrogen-bond acceptors (Lipinski definition) is 4. The van der Waals surface area contributed by atoms with Crippen molar-refractivity contribution < 1.29 is 14.6 Å². The molecule has 22 heavy (non-hydrogen) atoms. The average molecular weight is 298 g/mol. The maximum absolute atomic E-state index is 11.9. The van der Waals surface area contributed by atoms with E-state index in [2.05, 4.69) is 16.0 Å². The molecule has 0 amide bonds. The van der Waals surface area contributed by atoms with E-state index in [-0.39, 0.29) is 5.92 Å². The number of carbonyl (C=O) groups is 1. The summed E-state index contributed by atoms with van der Waals surface area (Å²) < 4.78 is 5.49. The lowest BCUT2D eigenvalue weighted by atomic mass is 9.76. The highest BCUT2D eigenvalue weighted by Crippen LogP contribution is 2.43. The van der Waals surface area contributed by atoms with Crippen molar-refractivity contribution in [2.24, 2.45) is 11.3 Å². The predicted octanol–water partition coefficient (Wildman–Crippen LogP) is 2.16. The lowest BCUT2D eigenvalue weighted by Gasteiger charge is -2.33. The molecule has 1 N–H and O–H groups in total. The number of aromatic nitrogens is 1. The number of rotatable bonds is 2. The summed E-state index contributed by atoms with van der Waals surface area (Å²) in [4.78, 5) is 18.5. The zero-order valence-corrected chi connectivity index (χ0v) is 12.2. The Balaban J connectivity index is 1.76. The predicted molar refractivity (Wildman–Crippen MR) is 83.0 cm³/mol. The topological polar surface area (TPSA) is 62.7 Å². The highest BCUT2D eigenvalue weighted by Gasteiger charge is 2.54. The van der Waals surface area contributed by atoms with Gasteiger partial charge in [0.2, 0.25) is 0 Å². The second-order valence-corrected chi connectivity index (χ2v) is 6.24. The van der Waals surface area contributed by atoms with E-state index in [1.807, 2.05) is 24.3 Å². The number of fused-ring (bicyclic) bond motifs is 2. The summed E-state index contributed by atoms with van der Waals surface area (Å²) in [5, 5.41) is 12.0. The van der Waals surface area contributed by atoms with Crippen molar-refractivity contribution in [1.29, 1.82) is 0 Å². The van der Waals surface area contributed by atoms with Crippen molar-refractivity contribution in [3.05, 3.63) is 36.5 Å². The molecule has 0 aliphatic carbocycles. The molecule has 5 nitrogen and oxygen atoms in total. The molecule has 2 aromatic rings. The van der Waals surface area contributed by atoms with Crippen molar-refractivity contribution in [1.82, 2.24) is 4.98 Å². The SMILES string of the molecule is O=C(O)[C@]12COCC[C@H]1CN(c1nccc3ccccc13)C2. The van der Waals surface area contributed by atoms with Crippen LogP contribution in [0.25, 0.3) is 10.8 Å². The third kappa shape index (κ3) is 1.89. The maximum atomic E-state index is 11.9. The molecule has 4 rings (SSSR count). The Morgan fingerprint density at radius 1 is 1.36 bits per heavy atom. The van der Waals surface area contributed by atoms with E-state index < -0.39 is 11.4 Å². The molecule has 0 saturated carbocycles. The quantitative estimate of drug-likeness (QED) is 0.920. The number of carboxylic acids is 1. The summed E-state index contributed by atoms with van der Waals surface area (Å²) in [6.07, 6.45) is 2.59. The number of nitrogens with zero attached hydrogens (tertiary/aromatic N) is 2. The van der Waals surface area contributed by atoms with Crippen LogP contribution in [0.3, 0.4) is 0 Å². The molecule has 5 heteroatoms. The van der Waals surface area contributed by atoms with Crippen LogP contribution in [0.4, 0.5) is 5.82 Å². The Bertz CT molecular complexity index is 727. The molecule has 114 valence electrons. The normalized spacial score (nSPS) is 27.8. The summed E-state index contributed by atoms with van der Waals surface area (Å²) in [6.45, 7) is 2.15. The van der Waals surface area contributed by atoms with Crippen LogP contribution in [-0.2, 0) is 9.53 Å². The number of aliphatic carboxylic acids is 1. The highest BCUT2D eigenvalue weighted by atomic mass is 16.5. The highest BCUT2D eigenvalue weighted by molar-refractivity contribution is 5.92. The van der Waals surface area contributed by atoms with E-state index >= 15 is 0 Å². The second-order valence-electron chi connectivity index (χ2n) is 6.24. The van der Waals surface area contributed by atoms with Gasteiger partial charge in [-0.25, -0.2) is 4.98 Å². The van der Waals surface area contributed by atoms with Gasteiger partial charge in [0.1, 0.15) is 11.2 Å². The van der Waals surface area contributed by atoms with Crippen LogP contribution in [0.5, 0.6) is 0 Å². The average Bonchev–Trinajstić information content (AvgIpc) is 2.95. The molecule has 1 aromatic heterocycles. The number of benzene rings is 1. The largest absolute Gasteiger partial charge is 0.481 e. The summed E-state index contributed by atoms with van der Waals surface area (Å²) in [5.74, 6) is 0.257. The number of anilines is 1. The van der Waals surface area contributed by atoms with Crippen LogP contribution in [0.1, 0.15) is 6.42 Å². The molecular formula is C17H18N2O3. The number of hydrogen-bond donors (Lipinski definition) is 1. The lowest BCUT2D eigenvalue weighted by molar-refractivity contribution is -0.159. The molecule has 0 radical (unpaired) electrons. The molecule has 0 bridgehead atoms. The maximum Gasteiger partial charge on any atom is 0.314 e. The van der Waals surface area contributed by atoms with Gasteiger partial charge in [0.05, 0.1) is 6.61 Å². The van der Waals surface area contributed by atoms with Crippen LogP contribution in [0, 0.1) is 11.3 Å². The summed E-state index contributed by atoms with van der Waals surface area (Å²) in [7, 11) is 0. The van der Waals surface area contributed by atoms with Gasteiger partial charge in [0.25, 0.3) is 0 Å². The van der Waals surface area contributed by atoms with E-state index in [0.717, 1.165) is 29.6 Å². The first-order valence-electron chi connectivity index (χ1n) is 7.60. The van der Waals surface area contributed by atoms with Crippen molar-refractivity contribution in [3.63, 3.8) is 0 Å². The molecule has 1 aromatic carbocycles. The minimum Gasteiger partial charge on any atom is -0.481 e. The van der Waals surface area contributed by atoms with E-state index in [1.165, 1.54) is 0 Å². The Morgan fingerprint density at radius 3 is 3.05 bits per heavy atom. The molecule has 2 aliphatic rings. The first-order chi connectivity index (χ1) is 10.7. The minimum atomic E-state index is -0.795. The zero-order valence-electron chi connectivity index (χ0n) is 12.2. The van der Waals surface area contributed by atoms with E-state index in [1.54, 1.807) is 6.20 Å². The van der Waals surface area contributed by atoms with Gasteiger partial charge in [-0.3, -0.25) is 4.79 Å². The van der Waals surface area contributed by atoms with Crippen molar-refractivity contribution in [2.45, 2.75) is 6.42 Å². The minimum absolute atomic E-state index is 0.125. The van der Waals surface area contributed by atoms with Gasteiger partial charge in [0, 0.05) is 31.3 Å². The number of ether oxygens (including phenoxy) is 1. The number of carboxylic acid groups (broad SMARTS) is 1. The van der Waals surface area contributed by atoms with Gasteiger partial charge >= 0.3 is 5.97 Å².